The summed E-state index contributed by atoms with van der Waals surface area (Å²) in [7, 11) is 0. The van der Waals surface area contributed by atoms with Gasteiger partial charge < -0.3 is 10.4 Å². The Kier molecular flexibility index (Phi) is 4.79. The molecule has 0 heterocycles. The lowest BCUT2D eigenvalue weighted by atomic mass is 9.92. The van der Waals surface area contributed by atoms with E-state index in [1.54, 1.807) is 0 Å². The second-order valence-corrected chi connectivity index (χ2v) is 7.91. The molecule has 0 amide bonds. The fourth-order valence-electron chi connectivity index (χ4n) is 3.69. The first-order chi connectivity index (χ1) is 11.8. The van der Waals surface area contributed by atoms with E-state index in [2.05, 4.69) is 32.2 Å². The van der Waals surface area contributed by atoms with Gasteiger partial charge in [0.25, 0.3) is 0 Å². The molecular formula is C21H24ClNO2. The molecule has 2 aromatic rings. The number of fused-ring (bicyclic) bond motifs is 1. The Morgan fingerprint density at radius 1 is 1.24 bits per heavy atom. The van der Waals surface area contributed by atoms with Gasteiger partial charge in [-0.05, 0) is 59.7 Å². The van der Waals surface area contributed by atoms with Crippen LogP contribution in [0.3, 0.4) is 0 Å². The molecule has 1 atom stereocenters. The number of halogens is 1. The summed E-state index contributed by atoms with van der Waals surface area (Å²) in [5.74, 6) is -0.321. The summed E-state index contributed by atoms with van der Waals surface area (Å²) >= 11 is 6.09. The lowest BCUT2D eigenvalue weighted by Gasteiger charge is -2.29. The van der Waals surface area contributed by atoms with Crippen LogP contribution in [0.15, 0.2) is 36.4 Å². The van der Waals surface area contributed by atoms with E-state index >= 15 is 0 Å². The molecule has 1 unspecified atom stereocenters. The molecule has 4 heteroatoms. The van der Waals surface area contributed by atoms with Gasteiger partial charge in [0, 0.05) is 23.6 Å². The summed E-state index contributed by atoms with van der Waals surface area (Å²) in [6.45, 7) is 6.44. The second kappa shape index (κ2) is 6.72. The number of aliphatic carboxylic acids is 1. The van der Waals surface area contributed by atoms with Gasteiger partial charge in [0.2, 0.25) is 0 Å². The molecule has 3 nitrogen and oxygen atoms in total. The Morgan fingerprint density at radius 3 is 2.64 bits per heavy atom. The van der Waals surface area contributed by atoms with Crippen molar-refractivity contribution in [3.8, 4) is 0 Å². The zero-order valence-corrected chi connectivity index (χ0v) is 15.7. The van der Waals surface area contributed by atoms with Crippen molar-refractivity contribution in [1.29, 1.82) is 0 Å². The highest BCUT2D eigenvalue weighted by Gasteiger charge is 2.44. The highest BCUT2D eigenvalue weighted by atomic mass is 35.5. The van der Waals surface area contributed by atoms with Crippen molar-refractivity contribution < 1.29 is 9.90 Å². The van der Waals surface area contributed by atoms with Gasteiger partial charge in [0.1, 0.15) is 5.54 Å². The third-order valence-electron chi connectivity index (χ3n) is 4.96. The smallest absolute Gasteiger partial charge is 0.330 e. The van der Waals surface area contributed by atoms with E-state index in [9.17, 15) is 9.90 Å². The van der Waals surface area contributed by atoms with Crippen LogP contribution in [0.5, 0.6) is 0 Å². The van der Waals surface area contributed by atoms with Crippen LogP contribution in [-0.4, -0.2) is 16.6 Å². The number of carboxylic acid groups (broad SMARTS) is 1. The summed E-state index contributed by atoms with van der Waals surface area (Å²) in [5, 5.41) is 14.1. The Bertz CT molecular complexity index is 816. The van der Waals surface area contributed by atoms with Crippen LogP contribution in [0.25, 0.3) is 0 Å². The van der Waals surface area contributed by atoms with Crippen LogP contribution in [0.4, 0.5) is 5.69 Å². The number of carbonyl (C=O) groups is 1. The monoisotopic (exact) mass is 357 g/mol. The zero-order chi connectivity index (χ0) is 18.2. The fraction of sp³-hybridized carbons (Fsp3) is 0.381. The topological polar surface area (TPSA) is 49.3 Å². The average molecular weight is 358 g/mol. The van der Waals surface area contributed by atoms with E-state index in [-0.39, 0.29) is 0 Å². The van der Waals surface area contributed by atoms with Gasteiger partial charge >= 0.3 is 5.97 Å². The maximum absolute atomic E-state index is 12.2. The Labute approximate surface area is 154 Å². The molecule has 0 bridgehead atoms. The number of rotatable bonds is 5. The molecule has 0 saturated carbocycles. The third kappa shape index (κ3) is 3.52. The Morgan fingerprint density at radius 2 is 1.96 bits per heavy atom. The predicted molar refractivity (Wildman–Crippen MR) is 103 cm³/mol. The number of nitrogens with one attached hydrogen (secondary N) is 1. The molecule has 2 aromatic carbocycles. The van der Waals surface area contributed by atoms with Gasteiger partial charge in [-0.2, -0.15) is 0 Å². The lowest BCUT2D eigenvalue weighted by Crippen LogP contribution is -2.47. The SMILES string of the molecule is Cc1cccc(NC2(C(=O)O)Cc3ccc(Cl)cc3C2)c1CC(C)C. The molecule has 0 saturated heterocycles. The van der Waals surface area contributed by atoms with Crippen LogP contribution < -0.4 is 5.32 Å². The van der Waals surface area contributed by atoms with E-state index in [0.717, 1.165) is 23.2 Å². The minimum atomic E-state index is -1.02. The number of benzene rings is 2. The summed E-state index contributed by atoms with van der Waals surface area (Å²) in [5.41, 5.74) is 4.37. The van der Waals surface area contributed by atoms with Crippen molar-refractivity contribution in [1.82, 2.24) is 0 Å². The molecule has 25 heavy (non-hydrogen) atoms. The predicted octanol–water partition coefficient (Wildman–Crippen LogP) is 4.88. The number of hydrogen-bond acceptors (Lipinski definition) is 2. The molecule has 0 radical (unpaired) electrons. The number of hydrogen-bond donors (Lipinski definition) is 2. The normalized spacial score (nSPS) is 19.1. The zero-order valence-electron chi connectivity index (χ0n) is 14.9. The van der Waals surface area contributed by atoms with Crippen molar-refractivity contribution in [2.45, 2.75) is 45.6 Å². The number of aryl methyl sites for hydroxylation is 1. The largest absolute Gasteiger partial charge is 0.479 e. The van der Waals surface area contributed by atoms with E-state index in [4.69, 9.17) is 11.6 Å². The minimum Gasteiger partial charge on any atom is -0.479 e. The molecule has 0 aromatic heterocycles. The van der Waals surface area contributed by atoms with Crippen LogP contribution in [0.1, 0.15) is 36.1 Å². The summed E-state index contributed by atoms with van der Waals surface area (Å²) in [6.07, 6.45) is 1.82. The lowest BCUT2D eigenvalue weighted by molar-refractivity contribution is -0.142. The van der Waals surface area contributed by atoms with Gasteiger partial charge in [-0.25, -0.2) is 4.79 Å². The van der Waals surface area contributed by atoms with Gasteiger partial charge in [-0.3, -0.25) is 0 Å². The Balaban J connectivity index is 1.98. The number of anilines is 1. The van der Waals surface area contributed by atoms with Crippen molar-refractivity contribution in [3.05, 3.63) is 63.7 Å². The van der Waals surface area contributed by atoms with Gasteiger partial charge in [-0.1, -0.05) is 43.6 Å². The Hall–Kier alpha value is -2.00. The van der Waals surface area contributed by atoms with Gasteiger partial charge in [0.05, 0.1) is 0 Å². The fourth-order valence-corrected chi connectivity index (χ4v) is 3.89. The highest BCUT2D eigenvalue weighted by molar-refractivity contribution is 6.30. The first kappa shape index (κ1) is 17.8. The molecular weight excluding hydrogens is 334 g/mol. The third-order valence-corrected chi connectivity index (χ3v) is 5.19. The first-order valence-electron chi connectivity index (χ1n) is 8.68. The van der Waals surface area contributed by atoms with Crippen LogP contribution in [-0.2, 0) is 24.1 Å². The number of carboxylic acids is 1. The van der Waals surface area contributed by atoms with Crippen LogP contribution in [0.2, 0.25) is 5.02 Å². The summed E-state index contributed by atoms with van der Waals surface area (Å²) in [6, 6.07) is 11.7. The molecule has 132 valence electrons. The molecule has 0 fully saturated rings. The molecule has 1 aliphatic rings. The van der Waals surface area contributed by atoms with Crippen LogP contribution in [0, 0.1) is 12.8 Å². The quantitative estimate of drug-likeness (QED) is 0.801. The maximum atomic E-state index is 12.2. The average Bonchev–Trinajstić information content (AvgIpc) is 2.89. The first-order valence-corrected chi connectivity index (χ1v) is 9.06. The van der Waals surface area contributed by atoms with Gasteiger partial charge in [-0.15, -0.1) is 0 Å². The molecule has 3 rings (SSSR count). The van der Waals surface area contributed by atoms with Crippen molar-refractivity contribution in [2.24, 2.45) is 5.92 Å². The molecule has 2 N–H and O–H groups in total. The van der Waals surface area contributed by atoms with Crippen molar-refractivity contribution >= 4 is 23.3 Å². The molecule has 0 aliphatic heterocycles. The summed E-state index contributed by atoms with van der Waals surface area (Å²) in [4.78, 5) is 12.2. The highest BCUT2D eigenvalue weighted by Crippen LogP contribution is 2.36. The maximum Gasteiger partial charge on any atom is 0.330 e. The van der Waals surface area contributed by atoms with E-state index in [0.29, 0.717) is 23.8 Å². The van der Waals surface area contributed by atoms with Crippen molar-refractivity contribution in [3.63, 3.8) is 0 Å². The van der Waals surface area contributed by atoms with Gasteiger partial charge in [0.15, 0.2) is 0 Å². The second-order valence-electron chi connectivity index (χ2n) is 7.48. The summed E-state index contributed by atoms with van der Waals surface area (Å²) < 4.78 is 0. The molecule has 0 spiro atoms. The van der Waals surface area contributed by atoms with E-state index < -0.39 is 11.5 Å². The molecule has 1 aliphatic carbocycles. The standard InChI is InChI=1S/C21H24ClNO2/c1-13(2)9-18-14(3)5-4-6-19(18)23-21(20(24)25)11-15-7-8-17(22)10-16(15)12-21/h4-8,10,13,23H,9,11-12H2,1-3H3,(H,24,25). The van der Waals surface area contributed by atoms with E-state index in [1.807, 2.05) is 30.3 Å². The van der Waals surface area contributed by atoms with Crippen LogP contribution >= 0.6 is 11.6 Å². The minimum absolute atomic E-state index is 0.438. The van der Waals surface area contributed by atoms with E-state index in [1.165, 1.54) is 11.1 Å². The van der Waals surface area contributed by atoms with Crippen molar-refractivity contribution in [2.75, 3.05) is 5.32 Å².